The maximum absolute atomic E-state index is 10.2. The van der Waals surface area contributed by atoms with Crippen molar-refractivity contribution < 1.29 is 14.6 Å². The molecule has 0 saturated carbocycles. The number of carboxylic acid groups (broad SMARTS) is 1. The molecule has 0 spiro atoms. The quantitative estimate of drug-likeness (QED) is 0.598. The van der Waals surface area contributed by atoms with E-state index in [0.717, 1.165) is 0 Å². The van der Waals surface area contributed by atoms with E-state index < -0.39 is 5.97 Å². The molecule has 4 nitrogen and oxygen atoms in total. The van der Waals surface area contributed by atoms with Gasteiger partial charge >= 0.3 is 5.97 Å². The standard InChI is InChI=1S/C7H15NO3/c1-5(4-11-2)6(8)3-7(9)10/h5-6H,3-4,8H2,1-2H3,(H,9,10)/t5?,6-/m1/s1. The minimum Gasteiger partial charge on any atom is -0.481 e. The summed E-state index contributed by atoms with van der Waals surface area (Å²) in [7, 11) is 1.57. The normalized spacial score (nSPS) is 15.9. The van der Waals surface area contributed by atoms with Crippen LogP contribution in [0.3, 0.4) is 0 Å². The number of methoxy groups -OCH3 is 1. The minimum atomic E-state index is -0.861. The van der Waals surface area contributed by atoms with Crippen molar-refractivity contribution in [1.82, 2.24) is 0 Å². The number of hydrogen-bond donors (Lipinski definition) is 2. The lowest BCUT2D eigenvalue weighted by atomic mass is 10.0. The lowest BCUT2D eigenvalue weighted by Gasteiger charge is -2.16. The molecule has 0 aromatic heterocycles. The topological polar surface area (TPSA) is 72.5 Å². The lowest BCUT2D eigenvalue weighted by Crippen LogP contribution is -2.33. The highest BCUT2D eigenvalue weighted by molar-refractivity contribution is 5.67. The number of carboxylic acids is 1. The molecule has 0 aliphatic heterocycles. The van der Waals surface area contributed by atoms with Gasteiger partial charge in [-0.05, 0) is 5.92 Å². The summed E-state index contributed by atoms with van der Waals surface area (Å²) in [6.07, 6.45) is 0.00449. The van der Waals surface area contributed by atoms with Crippen LogP contribution in [0.15, 0.2) is 0 Å². The van der Waals surface area contributed by atoms with Gasteiger partial charge in [0.05, 0.1) is 13.0 Å². The molecule has 0 saturated heterocycles. The number of rotatable bonds is 5. The van der Waals surface area contributed by atoms with Gasteiger partial charge in [0.2, 0.25) is 0 Å². The Morgan fingerprint density at radius 2 is 2.27 bits per heavy atom. The van der Waals surface area contributed by atoms with Crippen molar-refractivity contribution >= 4 is 5.97 Å². The van der Waals surface area contributed by atoms with Crippen molar-refractivity contribution in [2.24, 2.45) is 11.7 Å². The van der Waals surface area contributed by atoms with Crippen molar-refractivity contribution in [3.05, 3.63) is 0 Å². The van der Waals surface area contributed by atoms with Crippen LogP contribution in [0.5, 0.6) is 0 Å². The highest BCUT2D eigenvalue weighted by Gasteiger charge is 2.15. The van der Waals surface area contributed by atoms with Gasteiger partial charge in [0.25, 0.3) is 0 Å². The molecular weight excluding hydrogens is 146 g/mol. The van der Waals surface area contributed by atoms with Crippen LogP contribution < -0.4 is 5.73 Å². The SMILES string of the molecule is COCC(C)[C@H](N)CC(=O)O. The number of ether oxygens (including phenoxy) is 1. The van der Waals surface area contributed by atoms with E-state index in [1.165, 1.54) is 0 Å². The van der Waals surface area contributed by atoms with E-state index >= 15 is 0 Å². The van der Waals surface area contributed by atoms with Gasteiger partial charge in [-0.2, -0.15) is 0 Å². The van der Waals surface area contributed by atoms with Gasteiger partial charge in [-0.3, -0.25) is 4.79 Å². The number of carbonyl (C=O) groups is 1. The van der Waals surface area contributed by atoms with Gasteiger partial charge in [0.1, 0.15) is 0 Å². The van der Waals surface area contributed by atoms with Crippen molar-refractivity contribution in [1.29, 1.82) is 0 Å². The van der Waals surface area contributed by atoms with Gasteiger partial charge in [-0.1, -0.05) is 6.92 Å². The van der Waals surface area contributed by atoms with Gasteiger partial charge < -0.3 is 15.6 Å². The van der Waals surface area contributed by atoms with Crippen molar-refractivity contribution in [2.75, 3.05) is 13.7 Å². The Bertz CT molecular complexity index is 127. The molecule has 0 aliphatic carbocycles. The van der Waals surface area contributed by atoms with Crippen LogP contribution in [-0.2, 0) is 9.53 Å². The number of hydrogen-bond acceptors (Lipinski definition) is 3. The van der Waals surface area contributed by atoms with Crippen molar-refractivity contribution in [2.45, 2.75) is 19.4 Å². The molecule has 4 heteroatoms. The molecule has 0 rings (SSSR count). The molecule has 0 heterocycles. The maximum atomic E-state index is 10.2. The summed E-state index contributed by atoms with van der Waals surface area (Å²) in [5, 5.41) is 8.38. The zero-order chi connectivity index (χ0) is 8.85. The largest absolute Gasteiger partial charge is 0.481 e. The Balaban J connectivity index is 3.63. The summed E-state index contributed by atoms with van der Waals surface area (Å²) < 4.78 is 4.83. The summed E-state index contributed by atoms with van der Waals surface area (Å²) >= 11 is 0. The Hall–Kier alpha value is -0.610. The first-order valence-electron chi connectivity index (χ1n) is 3.54. The van der Waals surface area contributed by atoms with Crippen LogP contribution in [0.2, 0.25) is 0 Å². The second kappa shape index (κ2) is 5.09. The molecule has 0 fully saturated rings. The predicted molar refractivity (Wildman–Crippen MR) is 41.3 cm³/mol. The predicted octanol–water partition coefficient (Wildman–Crippen LogP) is 0.0709. The van der Waals surface area contributed by atoms with E-state index in [1.807, 2.05) is 6.92 Å². The molecule has 66 valence electrons. The molecule has 0 radical (unpaired) electrons. The van der Waals surface area contributed by atoms with Crippen LogP contribution >= 0.6 is 0 Å². The van der Waals surface area contributed by atoms with E-state index in [-0.39, 0.29) is 18.4 Å². The summed E-state index contributed by atoms with van der Waals surface area (Å²) in [6.45, 7) is 2.38. The molecular formula is C7H15NO3. The molecule has 0 amide bonds. The van der Waals surface area contributed by atoms with Crippen LogP contribution in [0, 0.1) is 5.92 Å². The average molecular weight is 161 g/mol. The average Bonchev–Trinajstić information content (AvgIpc) is 1.86. The first kappa shape index (κ1) is 10.4. The fourth-order valence-corrected chi connectivity index (χ4v) is 0.789. The maximum Gasteiger partial charge on any atom is 0.304 e. The summed E-state index contributed by atoms with van der Waals surface area (Å²) in [6, 6.07) is -0.313. The third-order valence-electron chi connectivity index (χ3n) is 1.57. The second-order valence-electron chi connectivity index (χ2n) is 2.69. The summed E-state index contributed by atoms with van der Waals surface area (Å²) in [5.74, 6) is -0.767. The Morgan fingerprint density at radius 1 is 1.73 bits per heavy atom. The monoisotopic (exact) mass is 161 g/mol. The van der Waals surface area contributed by atoms with Crippen LogP contribution in [0.4, 0.5) is 0 Å². The first-order chi connectivity index (χ1) is 5.07. The van der Waals surface area contributed by atoms with E-state index in [0.29, 0.717) is 6.61 Å². The third-order valence-corrected chi connectivity index (χ3v) is 1.57. The van der Waals surface area contributed by atoms with Crippen LogP contribution in [-0.4, -0.2) is 30.8 Å². The first-order valence-corrected chi connectivity index (χ1v) is 3.54. The minimum absolute atomic E-state index is 0.00449. The summed E-state index contributed by atoms with van der Waals surface area (Å²) in [5.41, 5.74) is 5.54. The molecule has 1 unspecified atom stereocenters. The van der Waals surface area contributed by atoms with Gasteiger partial charge in [-0.25, -0.2) is 0 Å². The second-order valence-corrected chi connectivity index (χ2v) is 2.69. The van der Waals surface area contributed by atoms with Gasteiger partial charge in [0.15, 0.2) is 0 Å². The lowest BCUT2D eigenvalue weighted by molar-refractivity contribution is -0.137. The molecule has 0 aliphatic rings. The molecule has 0 aromatic carbocycles. The molecule has 2 atom stereocenters. The van der Waals surface area contributed by atoms with Gasteiger partial charge in [-0.15, -0.1) is 0 Å². The highest BCUT2D eigenvalue weighted by Crippen LogP contribution is 2.04. The zero-order valence-electron chi connectivity index (χ0n) is 6.91. The fourth-order valence-electron chi connectivity index (χ4n) is 0.789. The van der Waals surface area contributed by atoms with E-state index in [2.05, 4.69) is 0 Å². The van der Waals surface area contributed by atoms with Crippen molar-refractivity contribution in [3.8, 4) is 0 Å². The van der Waals surface area contributed by atoms with Gasteiger partial charge in [0, 0.05) is 13.2 Å². The molecule has 0 bridgehead atoms. The van der Waals surface area contributed by atoms with E-state index in [1.54, 1.807) is 7.11 Å². The van der Waals surface area contributed by atoms with E-state index in [9.17, 15) is 4.79 Å². The van der Waals surface area contributed by atoms with E-state index in [4.69, 9.17) is 15.6 Å². The highest BCUT2D eigenvalue weighted by atomic mass is 16.5. The molecule has 3 N–H and O–H groups in total. The molecule has 0 aromatic rings. The van der Waals surface area contributed by atoms with Crippen LogP contribution in [0.25, 0.3) is 0 Å². The Labute approximate surface area is 66.3 Å². The smallest absolute Gasteiger partial charge is 0.304 e. The molecule has 11 heavy (non-hydrogen) atoms. The zero-order valence-corrected chi connectivity index (χ0v) is 6.91. The fraction of sp³-hybridized carbons (Fsp3) is 0.857. The number of aliphatic carboxylic acids is 1. The Kier molecular flexibility index (Phi) is 4.81. The Morgan fingerprint density at radius 3 is 2.64 bits per heavy atom. The number of nitrogens with two attached hydrogens (primary N) is 1. The summed E-state index contributed by atoms with van der Waals surface area (Å²) in [4.78, 5) is 10.2. The third kappa shape index (κ3) is 4.75. The van der Waals surface area contributed by atoms with Crippen LogP contribution in [0.1, 0.15) is 13.3 Å². The van der Waals surface area contributed by atoms with Crippen molar-refractivity contribution in [3.63, 3.8) is 0 Å².